The summed E-state index contributed by atoms with van der Waals surface area (Å²) in [5, 5.41) is 3.33. The highest BCUT2D eigenvalue weighted by molar-refractivity contribution is 5.28. The number of rotatable bonds is 8. The minimum Gasteiger partial charge on any atom is -0.406 e. The van der Waals surface area contributed by atoms with Crippen LogP contribution in [0.5, 0.6) is 5.75 Å². The Morgan fingerprint density at radius 2 is 1.85 bits per heavy atom. The predicted octanol–water partition coefficient (Wildman–Crippen LogP) is 3.14. The standard InChI is InChI=1S/C14H20F3NO2/c1-3-18-12(8-9-19-2)10-11-4-6-13(7-5-11)20-14(15,16)17/h4-7,12,18H,3,8-10H2,1-2H3. The summed E-state index contributed by atoms with van der Waals surface area (Å²) >= 11 is 0. The van der Waals surface area contributed by atoms with Crippen molar-refractivity contribution in [3.8, 4) is 5.75 Å². The van der Waals surface area contributed by atoms with Crippen molar-refractivity contribution in [2.75, 3.05) is 20.3 Å². The topological polar surface area (TPSA) is 30.5 Å². The van der Waals surface area contributed by atoms with Crippen molar-refractivity contribution in [1.29, 1.82) is 0 Å². The molecule has 0 bridgehead atoms. The summed E-state index contributed by atoms with van der Waals surface area (Å²) < 4.78 is 45.0. The van der Waals surface area contributed by atoms with Gasteiger partial charge in [-0.2, -0.15) is 0 Å². The van der Waals surface area contributed by atoms with E-state index in [4.69, 9.17) is 4.74 Å². The number of nitrogens with one attached hydrogen (secondary N) is 1. The molecule has 0 amide bonds. The Balaban J connectivity index is 2.58. The van der Waals surface area contributed by atoms with Crippen molar-refractivity contribution in [2.24, 2.45) is 0 Å². The summed E-state index contributed by atoms with van der Waals surface area (Å²) in [7, 11) is 1.65. The molecule has 0 aromatic heterocycles. The quantitative estimate of drug-likeness (QED) is 0.798. The van der Waals surface area contributed by atoms with Crippen LogP contribution in [0.3, 0.4) is 0 Å². The Morgan fingerprint density at radius 1 is 1.20 bits per heavy atom. The van der Waals surface area contributed by atoms with Crippen molar-refractivity contribution in [3.63, 3.8) is 0 Å². The van der Waals surface area contributed by atoms with E-state index in [0.29, 0.717) is 6.61 Å². The van der Waals surface area contributed by atoms with Crippen molar-refractivity contribution in [3.05, 3.63) is 29.8 Å². The maximum absolute atomic E-state index is 12.0. The SMILES string of the molecule is CCNC(CCOC)Cc1ccc(OC(F)(F)F)cc1. The molecule has 3 nitrogen and oxygen atoms in total. The lowest BCUT2D eigenvalue weighted by molar-refractivity contribution is -0.274. The van der Waals surface area contributed by atoms with Gasteiger partial charge in [0.25, 0.3) is 0 Å². The van der Waals surface area contributed by atoms with Crippen LogP contribution in [0, 0.1) is 0 Å². The van der Waals surface area contributed by atoms with Crippen LogP contribution in [0.4, 0.5) is 13.2 Å². The van der Waals surface area contributed by atoms with E-state index in [2.05, 4.69) is 10.1 Å². The van der Waals surface area contributed by atoms with Crippen LogP contribution in [-0.2, 0) is 11.2 Å². The van der Waals surface area contributed by atoms with E-state index < -0.39 is 6.36 Å². The number of ether oxygens (including phenoxy) is 2. The molecule has 1 atom stereocenters. The van der Waals surface area contributed by atoms with Crippen LogP contribution in [0.1, 0.15) is 18.9 Å². The van der Waals surface area contributed by atoms with Gasteiger partial charge in [0, 0.05) is 19.8 Å². The molecule has 0 aliphatic carbocycles. The molecule has 1 aromatic carbocycles. The fraction of sp³-hybridized carbons (Fsp3) is 0.571. The lowest BCUT2D eigenvalue weighted by Gasteiger charge is -2.17. The molecule has 114 valence electrons. The largest absolute Gasteiger partial charge is 0.573 e. The lowest BCUT2D eigenvalue weighted by atomic mass is 10.0. The molecular weight excluding hydrogens is 271 g/mol. The third kappa shape index (κ3) is 6.77. The van der Waals surface area contributed by atoms with Crippen LogP contribution < -0.4 is 10.1 Å². The average molecular weight is 291 g/mol. The van der Waals surface area contributed by atoms with E-state index in [1.165, 1.54) is 12.1 Å². The minimum atomic E-state index is -4.65. The normalized spacial score (nSPS) is 13.2. The van der Waals surface area contributed by atoms with E-state index in [1.807, 2.05) is 6.92 Å². The van der Waals surface area contributed by atoms with E-state index in [9.17, 15) is 13.2 Å². The summed E-state index contributed by atoms with van der Waals surface area (Å²) in [6, 6.07) is 6.22. The van der Waals surface area contributed by atoms with Crippen LogP contribution in [0.25, 0.3) is 0 Å². The van der Waals surface area contributed by atoms with Crippen molar-refractivity contribution in [2.45, 2.75) is 32.2 Å². The maximum atomic E-state index is 12.0. The molecule has 0 fully saturated rings. The highest BCUT2D eigenvalue weighted by Crippen LogP contribution is 2.23. The molecule has 0 saturated heterocycles. The fourth-order valence-electron chi connectivity index (χ4n) is 1.94. The van der Waals surface area contributed by atoms with Gasteiger partial charge in [-0.1, -0.05) is 19.1 Å². The Morgan fingerprint density at radius 3 is 2.35 bits per heavy atom. The molecule has 0 saturated carbocycles. The molecule has 1 N–H and O–H groups in total. The summed E-state index contributed by atoms with van der Waals surface area (Å²) in [4.78, 5) is 0. The van der Waals surface area contributed by atoms with Gasteiger partial charge in [0.2, 0.25) is 0 Å². The van der Waals surface area contributed by atoms with E-state index in [-0.39, 0.29) is 11.8 Å². The number of halogens is 3. The van der Waals surface area contributed by atoms with Gasteiger partial charge < -0.3 is 14.8 Å². The van der Waals surface area contributed by atoms with Gasteiger partial charge in [0.15, 0.2) is 0 Å². The third-order valence-electron chi connectivity index (χ3n) is 2.80. The molecule has 0 aliphatic heterocycles. The molecule has 1 unspecified atom stereocenters. The van der Waals surface area contributed by atoms with Crippen LogP contribution >= 0.6 is 0 Å². The summed E-state index contributed by atoms with van der Waals surface area (Å²) in [5.74, 6) is -0.196. The molecule has 1 rings (SSSR count). The lowest BCUT2D eigenvalue weighted by Crippen LogP contribution is -2.32. The van der Waals surface area contributed by atoms with Gasteiger partial charge in [0.1, 0.15) is 5.75 Å². The maximum Gasteiger partial charge on any atom is 0.573 e. The third-order valence-corrected chi connectivity index (χ3v) is 2.80. The molecule has 0 heterocycles. The number of hydrogen-bond donors (Lipinski definition) is 1. The highest BCUT2D eigenvalue weighted by atomic mass is 19.4. The van der Waals surface area contributed by atoms with E-state index >= 15 is 0 Å². The van der Waals surface area contributed by atoms with Crippen molar-refractivity contribution >= 4 is 0 Å². The zero-order valence-corrected chi connectivity index (χ0v) is 11.7. The molecule has 6 heteroatoms. The Bertz CT molecular complexity index is 379. The van der Waals surface area contributed by atoms with Crippen LogP contribution in [0.2, 0.25) is 0 Å². The second-order valence-electron chi connectivity index (χ2n) is 4.43. The average Bonchev–Trinajstić information content (AvgIpc) is 2.37. The van der Waals surface area contributed by atoms with Gasteiger partial charge >= 0.3 is 6.36 Å². The van der Waals surface area contributed by atoms with E-state index in [1.54, 1.807) is 19.2 Å². The molecule has 0 radical (unpaired) electrons. The Labute approximate surface area is 117 Å². The molecular formula is C14H20F3NO2. The summed E-state index contributed by atoms with van der Waals surface area (Å²) in [6.07, 6.45) is -3.05. The Hall–Kier alpha value is -1.27. The number of benzene rings is 1. The molecule has 0 aliphatic rings. The fourth-order valence-corrected chi connectivity index (χ4v) is 1.94. The number of likely N-dealkylation sites (N-methyl/N-ethyl adjacent to an activating group) is 1. The number of alkyl halides is 3. The molecule has 0 spiro atoms. The van der Waals surface area contributed by atoms with Gasteiger partial charge in [-0.25, -0.2) is 0 Å². The second kappa shape index (κ2) is 8.11. The van der Waals surface area contributed by atoms with E-state index in [0.717, 1.165) is 24.9 Å². The van der Waals surface area contributed by atoms with Gasteiger partial charge in [-0.05, 0) is 37.1 Å². The van der Waals surface area contributed by atoms with Crippen molar-refractivity contribution in [1.82, 2.24) is 5.32 Å². The minimum absolute atomic E-state index is 0.196. The predicted molar refractivity (Wildman–Crippen MR) is 70.8 cm³/mol. The first kappa shape index (κ1) is 16.8. The number of methoxy groups -OCH3 is 1. The monoisotopic (exact) mass is 291 g/mol. The summed E-state index contributed by atoms with van der Waals surface area (Å²) in [5.41, 5.74) is 0.960. The molecule has 1 aromatic rings. The molecule has 20 heavy (non-hydrogen) atoms. The van der Waals surface area contributed by atoms with Crippen LogP contribution in [0.15, 0.2) is 24.3 Å². The summed E-state index contributed by atoms with van der Waals surface area (Å²) in [6.45, 7) is 3.50. The Kier molecular flexibility index (Phi) is 6.81. The zero-order valence-electron chi connectivity index (χ0n) is 11.7. The zero-order chi connectivity index (χ0) is 15.0. The second-order valence-corrected chi connectivity index (χ2v) is 4.43. The van der Waals surface area contributed by atoms with Crippen LogP contribution in [-0.4, -0.2) is 32.7 Å². The first-order valence-electron chi connectivity index (χ1n) is 6.51. The first-order valence-corrected chi connectivity index (χ1v) is 6.51. The first-order chi connectivity index (χ1) is 9.44. The number of hydrogen-bond acceptors (Lipinski definition) is 3. The highest BCUT2D eigenvalue weighted by Gasteiger charge is 2.30. The van der Waals surface area contributed by atoms with Gasteiger partial charge in [-0.15, -0.1) is 13.2 Å². The van der Waals surface area contributed by atoms with Crippen molar-refractivity contribution < 1.29 is 22.6 Å². The smallest absolute Gasteiger partial charge is 0.406 e. The van der Waals surface area contributed by atoms with Gasteiger partial charge in [0.05, 0.1) is 0 Å². The van der Waals surface area contributed by atoms with Gasteiger partial charge in [-0.3, -0.25) is 0 Å².